The van der Waals surface area contributed by atoms with Crippen molar-refractivity contribution >= 4 is 24.8 Å². The highest BCUT2D eigenvalue weighted by molar-refractivity contribution is 7.47. The number of anilines is 1. The van der Waals surface area contributed by atoms with Crippen molar-refractivity contribution < 1.29 is 37.9 Å². The summed E-state index contributed by atoms with van der Waals surface area (Å²) in [5.41, 5.74) is 0.843. The molecule has 5 heterocycles. The summed E-state index contributed by atoms with van der Waals surface area (Å²) in [5, 5.41) is 12.8. The highest BCUT2D eigenvalue weighted by atomic mass is 31.2. The third-order valence-electron chi connectivity index (χ3n) is 5.04. The summed E-state index contributed by atoms with van der Waals surface area (Å²) in [6.45, 7) is 0.715. The molecule has 30 heavy (non-hydrogen) atoms. The van der Waals surface area contributed by atoms with Crippen molar-refractivity contribution in [3.8, 4) is 0 Å². The van der Waals surface area contributed by atoms with Gasteiger partial charge < -0.3 is 24.5 Å². The first-order valence-corrected chi connectivity index (χ1v) is 10.5. The summed E-state index contributed by atoms with van der Waals surface area (Å²) < 4.78 is 34.8. The van der Waals surface area contributed by atoms with E-state index in [-0.39, 0.29) is 6.04 Å². The van der Waals surface area contributed by atoms with Crippen LogP contribution in [0.15, 0.2) is 12.7 Å². The van der Waals surface area contributed by atoms with Gasteiger partial charge in [-0.15, -0.1) is 10.1 Å². The Morgan fingerprint density at radius 2 is 2.20 bits per heavy atom. The van der Waals surface area contributed by atoms with Crippen molar-refractivity contribution in [1.82, 2.24) is 19.5 Å². The summed E-state index contributed by atoms with van der Waals surface area (Å²) in [6, 6.07) is 0.0934. The molecule has 3 aliphatic heterocycles. The number of nitrogens with zero attached hydrogens (tertiary/aromatic N) is 5. The molecule has 162 valence electrons. The third-order valence-corrected chi connectivity index (χ3v) is 6.06. The van der Waals surface area contributed by atoms with Crippen LogP contribution >= 0.6 is 7.82 Å². The summed E-state index contributed by atoms with van der Waals surface area (Å²) in [6.07, 6.45) is -0.440. The van der Waals surface area contributed by atoms with Crippen LogP contribution in [0.4, 0.5) is 5.82 Å². The molecule has 16 heteroatoms. The van der Waals surface area contributed by atoms with Crippen LogP contribution in [0, 0.1) is 10.1 Å². The second-order valence-corrected chi connectivity index (χ2v) is 8.30. The Labute approximate surface area is 168 Å². The van der Waals surface area contributed by atoms with Crippen LogP contribution in [0.5, 0.6) is 0 Å². The number of imidazole rings is 1. The average molecular weight is 444 g/mol. The number of hydrogen-bond acceptors (Lipinski definition) is 12. The van der Waals surface area contributed by atoms with E-state index in [1.807, 2.05) is 0 Å². The van der Waals surface area contributed by atoms with Gasteiger partial charge in [0.1, 0.15) is 31.2 Å². The van der Waals surface area contributed by atoms with Crippen LogP contribution in [0.1, 0.15) is 12.6 Å². The van der Waals surface area contributed by atoms with Crippen molar-refractivity contribution in [3.63, 3.8) is 0 Å². The monoisotopic (exact) mass is 444 g/mol. The van der Waals surface area contributed by atoms with Gasteiger partial charge in [0.2, 0.25) is 0 Å². The number of nitrogens with one attached hydrogen (secondary N) is 1. The molecule has 0 bridgehead atoms. The number of aromatic nitrogens is 4. The summed E-state index contributed by atoms with van der Waals surface area (Å²) in [7, 11) is -4.33. The molecule has 3 aliphatic rings. The van der Waals surface area contributed by atoms with Crippen molar-refractivity contribution in [2.24, 2.45) is 0 Å². The van der Waals surface area contributed by atoms with E-state index in [1.165, 1.54) is 17.2 Å². The van der Waals surface area contributed by atoms with Crippen molar-refractivity contribution in [3.05, 3.63) is 22.8 Å². The number of ether oxygens (including phenoxy) is 2. The molecule has 0 aliphatic carbocycles. The number of fused-ring (bicyclic) bond motifs is 2. The molecule has 0 amide bonds. The standard InChI is InChI=1S/C14H17N6O9P/c21-20(22)26-4-8-10-11(29-30(23,24)28-10)14(27-8)19-6-17-9-12(15-5-16-13(9)19)18-7-1-2-25-3-7/h5-8,10-11,14H,1-4H2,(H,23,24)(H,15,16,18)/t7-,8+,10+,11+,14+/m0/s1. The van der Waals surface area contributed by atoms with Crippen LogP contribution in [0.25, 0.3) is 11.2 Å². The van der Waals surface area contributed by atoms with Crippen LogP contribution in [0.2, 0.25) is 0 Å². The summed E-state index contributed by atoms with van der Waals surface area (Å²) in [4.78, 5) is 37.5. The van der Waals surface area contributed by atoms with Gasteiger partial charge in [-0.25, -0.2) is 19.5 Å². The maximum Gasteiger partial charge on any atom is 0.473 e. The molecule has 1 unspecified atom stereocenters. The molecule has 2 aromatic rings. The van der Waals surface area contributed by atoms with Gasteiger partial charge >= 0.3 is 7.82 Å². The first-order chi connectivity index (χ1) is 14.4. The lowest BCUT2D eigenvalue weighted by Crippen LogP contribution is -2.32. The Kier molecular flexibility index (Phi) is 4.80. The Hall–Kier alpha value is -2.42. The Morgan fingerprint density at radius 3 is 2.97 bits per heavy atom. The van der Waals surface area contributed by atoms with E-state index in [9.17, 15) is 19.6 Å². The Balaban J connectivity index is 1.45. The zero-order valence-electron chi connectivity index (χ0n) is 15.3. The molecule has 15 nitrogen and oxygen atoms in total. The molecular weight excluding hydrogens is 427 g/mol. The maximum absolute atomic E-state index is 11.9. The second-order valence-electron chi connectivity index (χ2n) is 6.94. The molecule has 3 saturated heterocycles. The number of rotatable bonds is 6. The van der Waals surface area contributed by atoms with E-state index in [1.54, 1.807) is 0 Å². The quantitative estimate of drug-likeness (QED) is 0.346. The molecule has 0 saturated carbocycles. The Morgan fingerprint density at radius 1 is 1.37 bits per heavy atom. The van der Waals surface area contributed by atoms with Gasteiger partial charge in [0.05, 0.1) is 19.0 Å². The minimum atomic E-state index is -4.33. The lowest BCUT2D eigenvalue weighted by Gasteiger charge is -2.19. The zero-order chi connectivity index (χ0) is 20.9. The minimum Gasteiger partial charge on any atom is -0.379 e. The molecule has 2 N–H and O–H groups in total. The van der Waals surface area contributed by atoms with E-state index < -0.39 is 44.1 Å². The fraction of sp³-hybridized carbons (Fsp3) is 0.643. The summed E-state index contributed by atoms with van der Waals surface area (Å²) >= 11 is 0. The van der Waals surface area contributed by atoms with Crippen LogP contribution in [-0.2, 0) is 27.9 Å². The normalized spacial score (nSPS) is 35.6. The van der Waals surface area contributed by atoms with E-state index in [0.29, 0.717) is 30.2 Å². The fourth-order valence-electron chi connectivity index (χ4n) is 3.76. The lowest BCUT2D eigenvalue weighted by atomic mass is 10.1. The van der Waals surface area contributed by atoms with Crippen molar-refractivity contribution in [2.75, 3.05) is 25.1 Å². The number of phosphoric ester groups is 1. The smallest absolute Gasteiger partial charge is 0.379 e. The molecule has 5 rings (SSSR count). The van der Waals surface area contributed by atoms with E-state index in [0.717, 1.165) is 6.42 Å². The zero-order valence-corrected chi connectivity index (χ0v) is 16.2. The Bertz CT molecular complexity index is 1010. The third kappa shape index (κ3) is 3.49. The van der Waals surface area contributed by atoms with Gasteiger partial charge in [0.15, 0.2) is 23.2 Å². The van der Waals surface area contributed by atoms with Crippen LogP contribution in [0.3, 0.4) is 0 Å². The molecule has 2 aromatic heterocycles. The van der Waals surface area contributed by atoms with E-state index in [2.05, 4.69) is 25.1 Å². The maximum atomic E-state index is 11.9. The van der Waals surface area contributed by atoms with Crippen LogP contribution < -0.4 is 5.32 Å². The van der Waals surface area contributed by atoms with Crippen molar-refractivity contribution in [2.45, 2.75) is 37.0 Å². The topological polar surface area (TPSA) is 182 Å². The van der Waals surface area contributed by atoms with Crippen molar-refractivity contribution in [1.29, 1.82) is 0 Å². The van der Waals surface area contributed by atoms with E-state index >= 15 is 0 Å². The van der Waals surface area contributed by atoms with Gasteiger partial charge in [0, 0.05) is 6.61 Å². The number of phosphoric acid groups is 1. The van der Waals surface area contributed by atoms with Gasteiger partial charge in [-0.3, -0.25) is 13.6 Å². The molecule has 3 fully saturated rings. The predicted octanol–water partition coefficient (Wildman–Crippen LogP) is 0.0172. The SMILES string of the molecule is O=[N+]([O-])OC[C@H]1O[C@@H](n2cnc3c(N[C@H]4CCOC4)ncnc32)[C@@H]2OP(=O)(O)O[C@@H]21. The second kappa shape index (κ2) is 7.37. The first kappa shape index (κ1) is 19.5. The number of hydrogen-bond donors (Lipinski definition) is 2. The fourth-order valence-corrected chi connectivity index (χ4v) is 4.90. The van der Waals surface area contributed by atoms with Gasteiger partial charge in [-0.1, -0.05) is 0 Å². The molecule has 6 atom stereocenters. The van der Waals surface area contributed by atoms with Crippen LogP contribution in [-0.4, -0.2) is 73.7 Å². The highest BCUT2D eigenvalue weighted by Gasteiger charge is 2.58. The molecule has 0 spiro atoms. The van der Waals surface area contributed by atoms with Gasteiger partial charge in [0.25, 0.3) is 5.09 Å². The largest absolute Gasteiger partial charge is 0.473 e. The first-order valence-electron chi connectivity index (χ1n) is 9.05. The van der Waals surface area contributed by atoms with Gasteiger partial charge in [-0.05, 0) is 6.42 Å². The predicted molar refractivity (Wildman–Crippen MR) is 94.6 cm³/mol. The summed E-state index contributed by atoms with van der Waals surface area (Å²) in [5.74, 6) is 0.508. The highest BCUT2D eigenvalue weighted by Crippen LogP contribution is 2.58. The lowest BCUT2D eigenvalue weighted by molar-refractivity contribution is -0.759. The average Bonchev–Trinajstić information content (AvgIpc) is 3.44. The van der Waals surface area contributed by atoms with E-state index in [4.69, 9.17) is 18.5 Å². The molecule has 0 aromatic carbocycles. The minimum absolute atomic E-state index is 0.0934. The van der Waals surface area contributed by atoms with Gasteiger partial charge in [-0.2, -0.15) is 0 Å². The molecular formula is C14H17N6O9P. The molecule has 0 radical (unpaired) electrons.